The van der Waals surface area contributed by atoms with Crippen LogP contribution in [0.2, 0.25) is 0 Å². The summed E-state index contributed by atoms with van der Waals surface area (Å²) in [5, 5.41) is 0. The summed E-state index contributed by atoms with van der Waals surface area (Å²) in [6.07, 6.45) is 31.2. The van der Waals surface area contributed by atoms with Crippen LogP contribution >= 0.6 is 0 Å². The average molecular weight is 513 g/mol. The van der Waals surface area contributed by atoms with Crippen LogP contribution < -0.4 is 51.4 Å². The van der Waals surface area contributed by atoms with Gasteiger partial charge in [-0.2, -0.15) is 0 Å². The molecule has 0 bridgehead atoms. The van der Waals surface area contributed by atoms with E-state index in [1.165, 1.54) is 109 Å². The quantitative estimate of drug-likeness (QED) is 0.0504. The van der Waals surface area contributed by atoms with Crippen molar-refractivity contribution in [2.24, 2.45) is 5.92 Å². The number of hydrogen-bond acceptors (Lipinski definition) is 4. The minimum Gasteiger partial charge on any atom is -0.726 e. The molecule has 1 atom stereocenters. The second-order valence-corrected chi connectivity index (χ2v) is 10.5. The van der Waals surface area contributed by atoms with Gasteiger partial charge in [0.25, 0.3) is 0 Å². The molecule has 1 unspecified atom stereocenters. The van der Waals surface area contributed by atoms with Gasteiger partial charge in [-0.15, -0.1) is 0 Å². The van der Waals surface area contributed by atoms with Gasteiger partial charge in [-0.05, 0) is 19.3 Å². The van der Waals surface area contributed by atoms with Crippen molar-refractivity contribution in [2.45, 2.75) is 149 Å². The molecule has 0 aromatic rings. The Bertz CT molecular complexity index is 508. The van der Waals surface area contributed by atoms with Crippen molar-refractivity contribution in [3.63, 3.8) is 0 Å². The smallest absolute Gasteiger partial charge is 0.726 e. The van der Waals surface area contributed by atoms with Crippen LogP contribution in [-0.4, -0.2) is 19.6 Å². The Labute approximate surface area is 249 Å². The Morgan fingerprint density at radius 2 is 1.06 bits per heavy atom. The van der Waals surface area contributed by atoms with E-state index in [0.29, 0.717) is 0 Å². The zero-order chi connectivity index (χ0) is 23.8. The van der Waals surface area contributed by atoms with Crippen molar-refractivity contribution in [2.75, 3.05) is 6.61 Å². The number of unbranched alkanes of at least 4 members (excludes halogenated alkanes) is 18. The summed E-state index contributed by atoms with van der Waals surface area (Å²) in [6, 6.07) is 0. The molecule has 0 saturated carbocycles. The Morgan fingerprint density at radius 3 is 1.48 bits per heavy atom. The topological polar surface area (TPSA) is 66.4 Å². The maximum absolute atomic E-state index is 10.7. The maximum atomic E-state index is 10.7. The van der Waals surface area contributed by atoms with Crippen LogP contribution in [0.5, 0.6) is 0 Å². The van der Waals surface area contributed by atoms with E-state index in [9.17, 15) is 13.0 Å². The van der Waals surface area contributed by atoms with Crippen molar-refractivity contribution in [1.82, 2.24) is 0 Å². The zero-order valence-electron chi connectivity index (χ0n) is 22.3. The third-order valence-electron chi connectivity index (χ3n) is 6.24. The molecule has 0 radical (unpaired) electrons. The Morgan fingerprint density at radius 1 is 0.667 bits per heavy atom. The molecule has 192 valence electrons. The molecule has 0 heterocycles. The van der Waals surface area contributed by atoms with Gasteiger partial charge in [0.2, 0.25) is 10.4 Å². The molecule has 0 rings (SSSR count). The van der Waals surface area contributed by atoms with E-state index in [2.05, 4.69) is 30.2 Å². The largest absolute Gasteiger partial charge is 1.00 e. The first-order valence-electron chi connectivity index (χ1n) is 13.8. The molecule has 0 N–H and O–H groups in total. The minimum absolute atomic E-state index is 0. The summed E-state index contributed by atoms with van der Waals surface area (Å²) in [6.45, 7) is 4.42. The van der Waals surface area contributed by atoms with Crippen molar-refractivity contribution in [3.8, 4) is 0 Å². The molecule has 0 saturated heterocycles. The van der Waals surface area contributed by atoms with Gasteiger partial charge in [0.1, 0.15) is 0 Å². The maximum Gasteiger partial charge on any atom is 1.00 e. The summed E-state index contributed by atoms with van der Waals surface area (Å²) in [5.74, 6) is 0.0203. The molecule has 0 aliphatic carbocycles. The summed E-state index contributed by atoms with van der Waals surface area (Å²) in [5.41, 5.74) is 0. The van der Waals surface area contributed by atoms with Crippen LogP contribution in [0, 0.1) is 5.92 Å². The first-order chi connectivity index (χ1) is 15.5. The first kappa shape index (κ1) is 36.4. The SMILES string of the molecule is CCCCCCCCCCCCCCCCC/C=C/C(CCCCCC)COS(=O)(=O)[O-].[K+]. The molecule has 0 aromatic heterocycles. The van der Waals surface area contributed by atoms with E-state index in [4.69, 9.17) is 0 Å². The van der Waals surface area contributed by atoms with Gasteiger partial charge >= 0.3 is 51.4 Å². The zero-order valence-corrected chi connectivity index (χ0v) is 26.3. The molecule has 4 nitrogen and oxygen atoms in total. The summed E-state index contributed by atoms with van der Waals surface area (Å²) < 4.78 is 36.7. The van der Waals surface area contributed by atoms with E-state index in [-0.39, 0.29) is 63.9 Å². The second-order valence-electron chi connectivity index (χ2n) is 9.47. The second kappa shape index (κ2) is 27.8. The van der Waals surface area contributed by atoms with Crippen LogP contribution in [0.1, 0.15) is 149 Å². The van der Waals surface area contributed by atoms with Crippen molar-refractivity contribution >= 4 is 10.4 Å². The van der Waals surface area contributed by atoms with Gasteiger partial charge in [-0.1, -0.05) is 142 Å². The number of allylic oxidation sites excluding steroid dienone is 1. The van der Waals surface area contributed by atoms with E-state index < -0.39 is 10.4 Å². The first-order valence-corrected chi connectivity index (χ1v) is 15.1. The van der Waals surface area contributed by atoms with Crippen LogP contribution in [0.3, 0.4) is 0 Å². The van der Waals surface area contributed by atoms with Gasteiger partial charge in [-0.3, -0.25) is 4.18 Å². The van der Waals surface area contributed by atoms with Crippen LogP contribution in [0.4, 0.5) is 0 Å². The average Bonchev–Trinajstić information content (AvgIpc) is 2.75. The third-order valence-corrected chi connectivity index (χ3v) is 6.66. The Hall–Kier alpha value is 1.25. The molecule has 0 aliphatic rings. The molecule has 6 heteroatoms. The third kappa shape index (κ3) is 31.2. The Kier molecular flexibility index (Phi) is 30.7. The molecule has 0 spiro atoms. The van der Waals surface area contributed by atoms with Crippen LogP contribution in [0.25, 0.3) is 0 Å². The molecular weight excluding hydrogens is 459 g/mol. The van der Waals surface area contributed by atoms with Crippen LogP contribution in [0.15, 0.2) is 12.2 Å². The van der Waals surface area contributed by atoms with Crippen LogP contribution in [-0.2, 0) is 14.6 Å². The summed E-state index contributed by atoms with van der Waals surface area (Å²) in [4.78, 5) is 0. The standard InChI is InChI=1S/C27H54O4S.K/c1-3-5-7-9-10-11-12-13-14-15-16-17-18-19-20-21-23-25-27(24-22-8-6-4-2)26-31-32(28,29)30;/h23,25,27H,3-22,24,26H2,1-2H3,(H,28,29,30);/q;+1/p-1/b25-23+;. The number of rotatable bonds is 25. The van der Waals surface area contributed by atoms with E-state index in [1.54, 1.807) is 0 Å². The van der Waals surface area contributed by atoms with Gasteiger partial charge in [0.05, 0.1) is 6.61 Å². The fourth-order valence-electron chi connectivity index (χ4n) is 4.16. The summed E-state index contributed by atoms with van der Waals surface area (Å²) >= 11 is 0. The van der Waals surface area contributed by atoms with Crippen molar-refractivity contribution < 1.29 is 68.5 Å². The Balaban J connectivity index is 0. The summed E-state index contributed by atoms with van der Waals surface area (Å²) in [7, 11) is -4.60. The fourth-order valence-corrected chi connectivity index (χ4v) is 4.50. The molecule has 0 amide bonds. The van der Waals surface area contributed by atoms with E-state index in [0.717, 1.165) is 25.7 Å². The van der Waals surface area contributed by atoms with Crippen molar-refractivity contribution in [1.29, 1.82) is 0 Å². The van der Waals surface area contributed by atoms with Gasteiger partial charge in [-0.25, -0.2) is 8.42 Å². The number of hydrogen-bond donors (Lipinski definition) is 0. The predicted octanol–water partition coefficient (Wildman–Crippen LogP) is 5.87. The predicted molar refractivity (Wildman–Crippen MR) is 137 cm³/mol. The minimum atomic E-state index is -4.60. The molecule has 33 heavy (non-hydrogen) atoms. The van der Waals surface area contributed by atoms with Gasteiger partial charge in [0, 0.05) is 5.92 Å². The monoisotopic (exact) mass is 512 g/mol. The van der Waals surface area contributed by atoms with Crippen molar-refractivity contribution in [3.05, 3.63) is 12.2 Å². The van der Waals surface area contributed by atoms with E-state index >= 15 is 0 Å². The van der Waals surface area contributed by atoms with Gasteiger partial charge < -0.3 is 4.55 Å². The fraction of sp³-hybridized carbons (Fsp3) is 0.926. The molecule has 0 aromatic carbocycles. The molecule has 0 aliphatic heterocycles. The normalized spacial score (nSPS) is 12.8. The van der Waals surface area contributed by atoms with Gasteiger partial charge in [0.15, 0.2) is 0 Å². The van der Waals surface area contributed by atoms with E-state index in [1.807, 2.05) is 0 Å². The molecular formula is C27H53KO4S. The molecule has 0 fully saturated rings.